The number of nitrogens with zero attached hydrogens (tertiary/aromatic N) is 3. The molecule has 1 aromatic rings. The smallest absolute Gasteiger partial charge is 0.341 e. The van der Waals surface area contributed by atoms with Crippen LogP contribution < -0.4 is 0 Å². The van der Waals surface area contributed by atoms with Crippen LogP contribution in [0, 0.1) is 11.1 Å². The van der Waals surface area contributed by atoms with Crippen LogP contribution in [0.2, 0.25) is 0 Å². The van der Waals surface area contributed by atoms with Crippen molar-refractivity contribution in [1.82, 2.24) is 5.01 Å². The van der Waals surface area contributed by atoms with E-state index in [1.807, 2.05) is 0 Å². The van der Waals surface area contributed by atoms with Crippen molar-refractivity contribution in [2.24, 2.45) is 11.2 Å². The van der Waals surface area contributed by atoms with Gasteiger partial charge in [0.05, 0.1) is 17.6 Å². The number of hydrogen-bond donors (Lipinski definition) is 1. The third-order valence-corrected chi connectivity index (χ3v) is 3.10. The predicted octanol–water partition coefficient (Wildman–Crippen LogP) is 2.04. The first-order chi connectivity index (χ1) is 11.2. The molecule has 132 valence electrons. The molecule has 0 aliphatic heterocycles. The zero-order chi connectivity index (χ0) is 18.3. The first-order valence-corrected chi connectivity index (χ1v) is 7.29. The van der Waals surface area contributed by atoms with Gasteiger partial charge in [-0.1, -0.05) is 32.0 Å². The summed E-state index contributed by atoms with van der Waals surface area (Å²) in [5, 5.41) is 25.0. The number of hydrazine groups is 1. The molecule has 1 N–H and O–H groups in total. The maximum atomic E-state index is 11.8. The minimum Gasteiger partial charge on any atom is -0.569 e. The fourth-order valence-electron chi connectivity index (χ4n) is 1.96. The second kappa shape index (κ2) is 8.70. The monoisotopic (exact) mass is 339 g/mol. The van der Waals surface area contributed by atoms with E-state index in [1.54, 1.807) is 44.2 Å². The van der Waals surface area contributed by atoms with Crippen LogP contribution in [0.3, 0.4) is 0 Å². The summed E-state index contributed by atoms with van der Waals surface area (Å²) >= 11 is 0. The molecule has 24 heavy (non-hydrogen) atoms. The molecule has 1 aromatic carbocycles. The minimum atomic E-state index is -1.16. The van der Waals surface area contributed by atoms with E-state index in [0.29, 0.717) is 5.56 Å². The summed E-state index contributed by atoms with van der Waals surface area (Å²) < 4.78 is 4.97. The van der Waals surface area contributed by atoms with Crippen molar-refractivity contribution in [2.45, 2.75) is 33.1 Å². The van der Waals surface area contributed by atoms with Gasteiger partial charge >= 0.3 is 11.9 Å². The van der Waals surface area contributed by atoms with Gasteiger partial charge in [0.1, 0.15) is 0 Å². The highest BCUT2D eigenvalue weighted by molar-refractivity contribution is 5.89. The molecular formula is C15H21N3O6. The van der Waals surface area contributed by atoms with Crippen LogP contribution in [0.15, 0.2) is 35.6 Å². The number of hydrogen-bond acceptors (Lipinski definition) is 6. The van der Waals surface area contributed by atoms with Crippen molar-refractivity contribution in [3.63, 3.8) is 0 Å². The molecule has 2 atom stereocenters. The van der Waals surface area contributed by atoms with Gasteiger partial charge in [-0.05, 0) is 18.1 Å². The second-order valence-corrected chi connectivity index (χ2v) is 5.38. The Balaban J connectivity index is 2.63. The lowest BCUT2D eigenvalue weighted by Crippen LogP contribution is -2.45. The van der Waals surface area contributed by atoms with Crippen molar-refractivity contribution in [3.8, 4) is 0 Å². The van der Waals surface area contributed by atoms with E-state index in [9.17, 15) is 14.8 Å². The number of likely N-dealkylation sites (N-methyl/N-ethyl adjacent to an activating group) is 1. The number of benzene rings is 1. The summed E-state index contributed by atoms with van der Waals surface area (Å²) in [6, 6.07) is 7.18. The Bertz CT molecular complexity index is 590. The molecule has 0 saturated carbocycles. The van der Waals surface area contributed by atoms with Gasteiger partial charge in [0.25, 0.3) is 6.29 Å². The number of carbonyl (C=O) groups excluding carboxylic acids is 1. The van der Waals surface area contributed by atoms with Crippen molar-refractivity contribution >= 4 is 11.9 Å². The number of ether oxygens (including phenoxy) is 1. The van der Waals surface area contributed by atoms with E-state index in [4.69, 9.17) is 14.7 Å². The van der Waals surface area contributed by atoms with Crippen molar-refractivity contribution in [3.05, 3.63) is 41.1 Å². The highest BCUT2D eigenvalue weighted by Crippen LogP contribution is 2.10. The first-order valence-electron chi connectivity index (χ1n) is 7.29. The normalized spacial score (nSPS) is 14.0. The Kier molecular flexibility index (Phi) is 6.97. The largest absolute Gasteiger partial charge is 0.569 e. The number of carboxylic acid groups (broad SMARTS) is 1. The van der Waals surface area contributed by atoms with Gasteiger partial charge in [0, 0.05) is 6.92 Å². The van der Waals surface area contributed by atoms with E-state index in [-0.39, 0.29) is 10.9 Å². The van der Waals surface area contributed by atoms with E-state index in [1.165, 1.54) is 14.0 Å². The lowest BCUT2D eigenvalue weighted by molar-refractivity contribution is -0.713. The fourth-order valence-corrected chi connectivity index (χ4v) is 1.96. The van der Waals surface area contributed by atoms with E-state index >= 15 is 0 Å². The van der Waals surface area contributed by atoms with Crippen molar-refractivity contribution in [2.75, 3.05) is 7.05 Å². The molecule has 0 aliphatic carbocycles. The zero-order valence-electron chi connectivity index (χ0n) is 13.9. The quantitative estimate of drug-likeness (QED) is 0.253. The maximum Gasteiger partial charge on any atom is 0.341 e. The van der Waals surface area contributed by atoms with Crippen LogP contribution in [-0.2, 0) is 14.4 Å². The lowest BCUT2D eigenvalue weighted by atomic mass is 10.1. The third kappa shape index (κ3) is 5.41. The molecule has 0 aromatic heterocycles. The molecule has 9 heteroatoms. The Morgan fingerprint density at radius 2 is 1.83 bits per heavy atom. The Hall–Kier alpha value is -2.84. The molecule has 9 nitrogen and oxygen atoms in total. The summed E-state index contributed by atoms with van der Waals surface area (Å²) in [7, 11) is 1.28. The topological polar surface area (TPSA) is 114 Å². The minimum absolute atomic E-state index is 0.00560. The van der Waals surface area contributed by atoms with Crippen LogP contribution in [-0.4, -0.2) is 46.4 Å². The molecule has 0 heterocycles. The van der Waals surface area contributed by atoms with E-state index in [2.05, 4.69) is 5.28 Å². The molecule has 1 unspecified atom stereocenters. The molecule has 0 saturated heterocycles. The van der Waals surface area contributed by atoms with E-state index in [0.717, 1.165) is 5.01 Å². The zero-order valence-corrected chi connectivity index (χ0v) is 13.9. The number of carboxylic acids is 1. The van der Waals surface area contributed by atoms with Gasteiger partial charge < -0.3 is 15.1 Å². The van der Waals surface area contributed by atoms with Gasteiger partial charge in [-0.2, -0.15) is 0 Å². The SMILES string of the molecule is CC(ON=[N+]([O-])N(C)[C@H](C(=O)O)C(C)C)OC(=O)c1ccccc1. The molecular weight excluding hydrogens is 318 g/mol. The van der Waals surface area contributed by atoms with Crippen LogP contribution in [0.1, 0.15) is 31.1 Å². The van der Waals surface area contributed by atoms with Crippen LogP contribution in [0.4, 0.5) is 0 Å². The fraction of sp³-hybridized carbons (Fsp3) is 0.467. The summed E-state index contributed by atoms with van der Waals surface area (Å²) in [5.74, 6) is -2.12. The molecule has 0 bridgehead atoms. The number of esters is 1. The average Bonchev–Trinajstić information content (AvgIpc) is 2.52. The average molecular weight is 339 g/mol. The van der Waals surface area contributed by atoms with Gasteiger partial charge in [-0.25, -0.2) is 9.59 Å². The molecule has 1 rings (SSSR count). The van der Waals surface area contributed by atoms with Gasteiger partial charge in [-0.15, -0.1) is 5.01 Å². The van der Waals surface area contributed by atoms with Crippen LogP contribution in [0.25, 0.3) is 0 Å². The highest BCUT2D eigenvalue weighted by atomic mass is 16.8. The number of carbonyl (C=O) groups is 2. The van der Waals surface area contributed by atoms with Crippen LogP contribution >= 0.6 is 0 Å². The van der Waals surface area contributed by atoms with Crippen molar-refractivity contribution < 1.29 is 29.2 Å². The second-order valence-electron chi connectivity index (χ2n) is 5.38. The predicted molar refractivity (Wildman–Crippen MR) is 82.5 cm³/mol. The molecule has 0 spiro atoms. The Morgan fingerprint density at radius 1 is 1.25 bits per heavy atom. The van der Waals surface area contributed by atoms with Gasteiger partial charge in [-0.3, -0.25) is 4.84 Å². The van der Waals surface area contributed by atoms with Crippen LogP contribution in [0.5, 0.6) is 0 Å². The lowest BCUT2D eigenvalue weighted by Gasteiger charge is -2.23. The number of aliphatic carboxylic acids is 1. The standard InChI is InChI=1S/C15H21N3O6/c1-10(2)13(14(19)20)17(4)18(22)16-24-11(3)23-15(21)12-8-6-5-7-9-12/h5-11,13H,1-4H3,(H,19,20)/t11?,13-/m0/s1. The molecule has 0 amide bonds. The Labute approximate surface area is 139 Å². The van der Waals surface area contributed by atoms with E-state index < -0.39 is 24.3 Å². The summed E-state index contributed by atoms with van der Waals surface area (Å²) in [6.45, 7) is 4.71. The summed E-state index contributed by atoms with van der Waals surface area (Å²) in [5.41, 5.74) is 0.329. The summed E-state index contributed by atoms with van der Waals surface area (Å²) in [6.07, 6.45) is -1.12. The molecule has 0 radical (unpaired) electrons. The highest BCUT2D eigenvalue weighted by Gasteiger charge is 2.32. The Morgan fingerprint density at radius 3 is 2.33 bits per heavy atom. The molecule has 0 fully saturated rings. The molecule has 0 aliphatic rings. The number of rotatable bonds is 8. The summed E-state index contributed by atoms with van der Waals surface area (Å²) in [4.78, 5) is 27.8. The van der Waals surface area contributed by atoms with Gasteiger partial charge in [0.15, 0.2) is 6.04 Å². The van der Waals surface area contributed by atoms with Gasteiger partial charge in [0.2, 0.25) is 5.28 Å². The maximum absolute atomic E-state index is 11.8. The third-order valence-electron chi connectivity index (χ3n) is 3.10. The van der Waals surface area contributed by atoms with Crippen molar-refractivity contribution in [1.29, 1.82) is 0 Å². The first kappa shape index (κ1) is 19.2.